The van der Waals surface area contributed by atoms with E-state index in [-0.39, 0.29) is 25.4 Å². The minimum absolute atomic E-state index is 0.0456. The summed E-state index contributed by atoms with van der Waals surface area (Å²) < 4.78 is 12.4. The van der Waals surface area contributed by atoms with Crippen LogP contribution in [0.5, 0.6) is 5.75 Å². The molecule has 1 spiro atoms. The van der Waals surface area contributed by atoms with Crippen LogP contribution in [0.15, 0.2) is 158 Å². The molecule has 3 aliphatic heterocycles. The van der Waals surface area contributed by atoms with Gasteiger partial charge in [0.1, 0.15) is 29.9 Å². The van der Waals surface area contributed by atoms with Crippen molar-refractivity contribution < 1.29 is 33.8 Å². The highest BCUT2D eigenvalue weighted by atomic mass is 16.6. The molecular weight excluding hydrogens is 829 g/mol. The molecule has 1 aliphatic carbocycles. The van der Waals surface area contributed by atoms with E-state index in [1.165, 1.54) is 0 Å². The maximum Gasteiger partial charge on any atom is 0.329 e. The summed E-state index contributed by atoms with van der Waals surface area (Å²) in [6.45, 7) is 5.61. The monoisotopic (exact) mass is 880 g/mol. The van der Waals surface area contributed by atoms with E-state index in [9.17, 15) is 5.11 Å². The Hall–Kier alpha value is -7.26. The Labute approximate surface area is 385 Å². The SMILES string of the molecule is C=CCNC(=O)C1C2C(=O)OC(c3ccccc3)C(c3ccccc3)N2C(c2ccc(OCCO)cc2)C12C(=O)N(C(=O)NC(C)c1ccccc1)c1ccc(C#CC3=CCCCC3)cc12. The van der Waals surface area contributed by atoms with Crippen molar-refractivity contribution >= 4 is 29.5 Å². The summed E-state index contributed by atoms with van der Waals surface area (Å²) in [5.74, 6) is 3.80. The minimum atomic E-state index is -1.94. The van der Waals surface area contributed by atoms with Gasteiger partial charge in [0, 0.05) is 12.1 Å². The van der Waals surface area contributed by atoms with Gasteiger partial charge < -0.3 is 25.2 Å². The van der Waals surface area contributed by atoms with Crippen LogP contribution in [0.2, 0.25) is 0 Å². The van der Waals surface area contributed by atoms with Crippen molar-refractivity contribution in [1.82, 2.24) is 15.5 Å². The van der Waals surface area contributed by atoms with E-state index in [4.69, 9.17) is 9.47 Å². The fraction of sp³-hybridized carbons (Fsp3) is 0.273. The summed E-state index contributed by atoms with van der Waals surface area (Å²) >= 11 is 0. The van der Waals surface area contributed by atoms with Gasteiger partial charge in [-0.15, -0.1) is 6.58 Å². The number of aliphatic hydroxyl groups is 1. The third kappa shape index (κ3) is 7.97. The number of amides is 4. The van der Waals surface area contributed by atoms with Crippen molar-refractivity contribution in [3.05, 3.63) is 191 Å². The van der Waals surface area contributed by atoms with Crippen LogP contribution in [0.25, 0.3) is 0 Å². The smallest absolute Gasteiger partial charge is 0.329 e. The Morgan fingerprint density at radius 3 is 2.24 bits per heavy atom. The van der Waals surface area contributed by atoms with Gasteiger partial charge >= 0.3 is 12.0 Å². The first-order valence-corrected chi connectivity index (χ1v) is 22.6. The number of aliphatic hydroxyl groups excluding tert-OH is 1. The number of morpholine rings is 1. The molecule has 4 aliphatic rings. The molecule has 0 bridgehead atoms. The molecule has 3 heterocycles. The number of hydrogen-bond donors (Lipinski definition) is 3. The van der Waals surface area contributed by atoms with Gasteiger partial charge in [-0.1, -0.05) is 127 Å². The number of nitrogens with one attached hydrogen (secondary N) is 2. The lowest BCUT2D eigenvalue weighted by atomic mass is 9.65. The largest absolute Gasteiger partial charge is 0.491 e. The zero-order chi connectivity index (χ0) is 45.8. The molecule has 5 aromatic carbocycles. The Morgan fingerprint density at radius 1 is 0.879 bits per heavy atom. The van der Waals surface area contributed by atoms with Gasteiger partial charge in [0.05, 0.1) is 36.3 Å². The molecule has 5 aromatic rings. The number of benzene rings is 5. The van der Waals surface area contributed by atoms with Crippen molar-refractivity contribution in [2.24, 2.45) is 5.92 Å². The number of carbonyl (C=O) groups is 4. The van der Waals surface area contributed by atoms with Crippen LogP contribution in [0.1, 0.15) is 90.2 Å². The molecule has 7 atom stereocenters. The van der Waals surface area contributed by atoms with Crippen molar-refractivity contribution in [2.45, 2.75) is 68.3 Å². The number of esters is 1. The fourth-order valence-electron chi connectivity index (χ4n) is 10.4. The number of nitrogens with zero attached hydrogens (tertiary/aromatic N) is 2. The molecule has 0 radical (unpaired) electrons. The second-order valence-electron chi connectivity index (χ2n) is 17.1. The van der Waals surface area contributed by atoms with E-state index >= 15 is 19.2 Å². The average molecular weight is 881 g/mol. The molecule has 7 unspecified atom stereocenters. The zero-order valence-electron chi connectivity index (χ0n) is 36.8. The van der Waals surface area contributed by atoms with E-state index in [2.05, 4.69) is 35.1 Å². The van der Waals surface area contributed by atoms with Crippen LogP contribution in [-0.4, -0.2) is 59.6 Å². The summed E-state index contributed by atoms with van der Waals surface area (Å²) in [6.07, 6.45) is 6.79. The van der Waals surface area contributed by atoms with E-state index in [1.807, 2.05) is 121 Å². The molecule has 2 saturated heterocycles. The molecule has 334 valence electrons. The van der Waals surface area contributed by atoms with Crippen LogP contribution in [0.4, 0.5) is 10.5 Å². The molecule has 9 rings (SSSR count). The maximum absolute atomic E-state index is 16.5. The first-order chi connectivity index (χ1) is 32.3. The number of allylic oxidation sites excluding steroid dienone is 2. The third-order valence-electron chi connectivity index (χ3n) is 13.2. The van der Waals surface area contributed by atoms with Crippen LogP contribution in [0, 0.1) is 17.8 Å². The molecule has 11 heteroatoms. The average Bonchev–Trinajstić information content (AvgIpc) is 3.82. The molecule has 66 heavy (non-hydrogen) atoms. The van der Waals surface area contributed by atoms with Gasteiger partial charge in [-0.3, -0.25) is 19.3 Å². The summed E-state index contributed by atoms with van der Waals surface area (Å²) in [6, 6.07) is 36.7. The number of carbonyl (C=O) groups excluding carboxylic acids is 4. The quantitative estimate of drug-likeness (QED) is 0.0685. The number of ether oxygens (including phenoxy) is 2. The van der Waals surface area contributed by atoms with Crippen LogP contribution in [-0.2, 0) is 24.5 Å². The Balaban J connectivity index is 1.33. The molecule has 3 N–H and O–H groups in total. The highest BCUT2D eigenvalue weighted by Gasteiger charge is 2.75. The van der Waals surface area contributed by atoms with Gasteiger partial charge in [-0.2, -0.15) is 0 Å². The summed E-state index contributed by atoms with van der Waals surface area (Å²) in [7, 11) is 0. The van der Waals surface area contributed by atoms with Gasteiger partial charge in [-0.05, 0) is 96.3 Å². The number of fused-ring (bicyclic) bond motifs is 3. The third-order valence-corrected chi connectivity index (χ3v) is 13.2. The highest BCUT2D eigenvalue weighted by molar-refractivity contribution is 6.24. The lowest BCUT2D eigenvalue weighted by molar-refractivity contribution is -0.178. The summed E-state index contributed by atoms with van der Waals surface area (Å²) in [4.78, 5) is 65.2. The Morgan fingerprint density at radius 2 is 1.58 bits per heavy atom. The van der Waals surface area contributed by atoms with Gasteiger partial charge in [0.25, 0.3) is 0 Å². The van der Waals surface area contributed by atoms with Crippen LogP contribution in [0.3, 0.4) is 0 Å². The molecule has 0 aromatic heterocycles. The number of imide groups is 1. The van der Waals surface area contributed by atoms with Crippen molar-refractivity contribution in [3.63, 3.8) is 0 Å². The number of rotatable bonds is 11. The molecular formula is C55H52N4O7. The molecule has 4 amide bonds. The maximum atomic E-state index is 16.5. The van der Waals surface area contributed by atoms with Crippen LogP contribution < -0.4 is 20.3 Å². The predicted octanol–water partition coefficient (Wildman–Crippen LogP) is 8.35. The summed E-state index contributed by atoms with van der Waals surface area (Å²) in [5, 5.41) is 15.6. The lowest BCUT2D eigenvalue weighted by Crippen LogP contribution is -2.56. The van der Waals surface area contributed by atoms with Crippen molar-refractivity contribution in [3.8, 4) is 17.6 Å². The van der Waals surface area contributed by atoms with Gasteiger partial charge in [-0.25, -0.2) is 9.69 Å². The van der Waals surface area contributed by atoms with E-state index in [0.29, 0.717) is 22.4 Å². The Bertz CT molecular complexity index is 2710. The van der Waals surface area contributed by atoms with E-state index in [0.717, 1.165) is 52.8 Å². The van der Waals surface area contributed by atoms with E-state index < -0.39 is 65.4 Å². The first kappa shape index (κ1) is 44.0. The second-order valence-corrected chi connectivity index (χ2v) is 17.1. The second kappa shape index (κ2) is 19.1. The van der Waals surface area contributed by atoms with Crippen molar-refractivity contribution in [1.29, 1.82) is 0 Å². The number of hydrogen-bond acceptors (Lipinski definition) is 8. The number of anilines is 1. The minimum Gasteiger partial charge on any atom is -0.491 e. The number of cyclic esters (lactones) is 1. The zero-order valence-corrected chi connectivity index (χ0v) is 36.8. The Kier molecular flexibility index (Phi) is 12.7. The standard InChI is InChI=1S/C55H52N4O7/c1-3-32-56-51(61)46-48-52(62)66-49(41-22-14-7-15-23-41)47(40-20-12-6-13-21-40)59(48)50(42-27-29-43(30-28-42)65-34-33-60)55(46)44-35-38(25-24-37-16-8-4-9-17-37)26-31-45(44)58(53(55)63)54(64)57-36(2)39-18-10-5-11-19-39/h3,5-7,10-16,18-23,26-31,35-36,46-50,60H,1,4,8-9,17,32-34H2,2H3,(H,56,61)(H,57,64). The normalized spacial score (nSPS) is 23.6. The van der Waals surface area contributed by atoms with Crippen LogP contribution >= 0.6 is 0 Å². The van der Waals surface area contributed by atoms with E-state index in [1.54, 1.807) is 30.3 Å². The van der Waals surface area contributed by atoms with Gasteiger partial charge in [0.2, 0.25) is 11.8 Å². The highest BCUT2D eigenvalue weighted by Crippen LogP contribution is 2.66. The molecule has 11 nitrogen and oxygen atoms in total. The van der Waals surface area contributed by atoms with Crippen molar-refractivity contribution in [2.75, 3.05) is 24.7 Å². The van der Waals surface area contributed by atoms with Gasteiger partial charge in [0.15, 0.2) is 0 Å². The lowest BCUT2D eigenvalue weighted by Gasteiger charge is -2.46. The summed E-state index contributed by atoms with van der Waals surface area (Å²) in [5.41, 5.74) is 3.26. The topological polar surface area (TPSA) is 138 Å². The molecule has 0 saturated carbocycles. The first-order valence-electron chi connectivity index (χ1n) is 22.6. The molecule has 2 fully saturated rings. The fourth-order valence-corrected chi connectivity index (χ4v) is 10.4. The predicted molar refractivity (Wildman–Crippen MR) is 251 cm³/mol. The number of urea groups is 1.